The van der Waals surface area contributed by atoms with Crippen molar-refractivity contribution >= 4 is 21.9 Å². The minimum Gasteiger partial charge on any atom is -0.478 e. The number of rotatable bonds is 2. The molecule has 0 saturated heterocycles. The minimum atomic E-state index is -1.20. The molecule has 2 aromatic heterocycles. The molecule has 2 aromatic rings. The van der Waals surface area contributed by atoms with Crippen LogP contribution in [0.4, 0.5) is 4.39 Å². The molecule has 0 aliphatic heterocycles. The van der Waals surface area contributed by atoms with Crippen LogP contribution in [0.2, 0.25) is 0 Å². The molecule has 0 saturated carbocycles. The lowest BCUT2D eigenvalue weighted by Crippen LogP contribution is -2.19. The maximum absolute atomic E-state index is 13.5. The molecule has 0 atom stereocenters. The van der Waals surface area contributed by atoms with Crippen LogP contribution in [0.25, 0.3) is 5.69 Å². The predicted octanol–water partition coefficient (Wildman–Crippen LogP) is 1.83. The summed E-state index contributed by atoms with van der Waals surface area (Å²) >= 11 is 3.10. The van der Waals surface area contributed by atoms with Gasteiger partial charge in [0.05, 0.1) is 5.56 Å². The Morgan fingerprint density at radius 1 is 1.44 bits per heavy atom. The van der Waals surface area contributed by atoms with Crippen molar-refractivity contribution in [3.63, 3.8) is 0 Å². The van der Waals surface area contributed by atoms with Gasteiger partial charge in [-0.25, -0.2) is 9.78 Å². The zero-order valence-electron chi connectivity index (χ0n) is 8.80. The number of nitrogens with zero attached hydrogens (tertiary/aromatic N) is 2. The van der Waals surface area contributed by atoms with Crippen LogP contribution in [-0.2, 0) is 0 Å². The highest BCUT2D eigenvalue weighted by atomic mass is 79.9. The summed E-state index contributed by atoms with van der Waals surface area (Å²) in [6, 6.07) is 3.56. The summed E-state index contributed by atoms with van der Waals surface area (Å²) in [4.78, 5) is 25.9. The van der Waals surface area contributed by atoms with Gasteiger partial charge in [-0.05, 0) is 28.1 Å². The van der Waals surface area contributed by atoms with Crippen molar-refractivity contribution in [2.75, 3.05) is 0 Å². The maximum atomic E-state index is 13.5. The smallest absolute Gasteiger partial charge is 0.337 e. The zero-order chi connectivity index (χ0) is 13.3. The Morgan fingerprint density at radius 3 is 2.83 bits per heavy atom. The molecule has 5 nitrogen and oxygen atoms in total. The summed E-state index contributed by atoms with van der Waals surface area (Å²) < 4.78 is 14.9. The van der Waals surface area contributed by atoms with Gasteiger partial charge in [-0.2, -0.15) is 4.39 Å². The first-order chi connectivity index (χ1) is 8.49. The van der Waals surface area contributed by atoms with E-state index in [0.29, 0.717) is 4.47 Å². The van der Waals surface area contributed by atoms with Crippen molar-refractivity contribution in [1.29, 1.82) is 0 Å². The second-order valence-corrected chi connectivity index (χ2v) is 4.31. The molecule has 0 aliphatic rings. The van der Waals surface area contributed by atoms with Crippen LogP contribution < -0.4 is 5.56 Å². The molecule has 0 spiro atoms. The van der Waals surface area contributed by atoms with E-state index < -0.39 is 17.5 Å². The number of carbonyl (C=O) groups is 1. The van der Waals surface area contributed by atoms with Crippen LogP contribution in [-0.4, -0.2) is 20.6 Å². The van der Waals surface area contributed by atoms with Crippen molar-refractivity contribution in [1.82, 2.24) is 9.55 Å². The standard InChI is InChI=1S/C11H6BrFN2O3/c12-7-3-8(10(13)14-4-7)15-5-6(11(17)18)1-2-9(15)16/h1-5H,(H,17,18). The van der Waals surface area contributed by atoms with Crippen molar-refractivity contribution < 1.29 is 14.3 Å². The first-order valence-corrected chi connectivity index (χ1v) is 5.56. The molecule has 0 aliphatic carbocycles. The SMILES string of the molecule is O=C(O)c1ccc(=O)n(-c2cc(Br)cnc2F)c1. The molecule has 0 amide bonds. The first kappa shape index (κ1) is 12.4. The summed E-state index contributed by atoms with van der Waals surface area (Å²) in [5.41, 5.74) is -0.773. The summed E-state index contributed by atoms with van der Waals surface area (Å²) in [5.74, 6) is -2.06. The van der Waals surface area contributed by atoms with Crippen LogP contribution in [0.3, 0.4) is 0 Å². The number of aromatic nitrogens is 2. The number of hydrogen-bond donors (Lipinski definition) is 1. The summed E-state index contributed by atoms with van der Waals surface area (Å²) in [5, 5.41) is 8.84. The lowest BCUT2D eigenvalue weighted by molar-refractivity contribution is 0.0696. The Morgan fingerprint density at radius 2 is 2.17 bits per heavy atom. The molecule has 2 heterocycles. The van der Waals surface area contributed by atoms with E-state index >= 15 is 0 Å². The fraction of sp³-hybridized carbons (Fsp3) is 0. The average Bonchev–Trinajstić information content (AvgIpc) is 2.33. The average molecular weight is 313 g/mol. The van der Waals surface area contributed by atoms with E-state index in [1.807, 2.05) is 0 Å². The van der Waals surface area contributed by atoms with E-state index in [0.717, 1.165) is 22.9 Å². The lowest BCUT2D eigenvalue weighted by Gasteiger charge is -2.07. The van der Waals surface area contributed by atoms with Gasteiger partial charge in [0.1, 0.15) is 5.69 Å². The van der Waals surface area contributed by atoms with Gasteiger partial charge >= 0.3 is 5.97 Å². The number of aromatic carboxylic acids is 1. The monoisotopic (exact) mass is 312 g/mol. The third-order valence-corrected chi connectivity index (χ3v) is 2.64. The number of pyridine rings is 2. The molecule has 92 valence electrons. The Kier molecular flexibility index (Phi) is 3.24. The molecule has 18 heavy (non-hydrogen) atoms. The number of carboxylic acids is 1. The van der Waals surface area contributed by atoms with E-state index in [9.17, 15) is 14.0 Å². The van der Waals surface area contributed by atoms with Crippen LogP contribution >= 0.6 is 15.9 Å². The number of halogens is 2. The van der Waals surface area contributed by atoms with Crippen LogP contribution in [0, 0.1) is 5.95 Å². The van der Waals surface area contributed by atoms with Gasteiger partial charge in [0, 0.05) is 22.9 Å². The second kappa shape index (κ2) is 4.69. The van der Waals surface area contributed by atoms with Gasteiger partial charge in [0.2, 0.25) is 5.95 Å². The van der Waals surface area contributed by atoms with Crippen LogP contribution in [0.15, 0.2) is 39.9 Å². The highest BCUT2D eigenvalue weighted by Crippen LogP contribution is 2.16. The Bertz CT molecular complexity index is 684. The predicted molar refractivity (Wildman–Crippen MR) is 64.5 cm³/mol. The van der Waals surface area contributed by atoms with E-state index in [-0.39, 0.29) is 11.3 Å². The van der Waals surface area contributed by atoms with Crippen LogP contribution in [0.1, 0.15) is 10.4 Å². The summed E-state index contributed by atoms with van der Waals surface area (Å²) in [7, 11) is 0. The molecule has 2 rings (SSSR count). The Hall–Kier alpha value is -2.02. The molecule has 0 unspecified atom stereocenters. The summed E-state index contributed by atoms with van der Waals surface area (Å²) in [6.07, 6.45) is 2.29. The minimum absolute atomic E-state index is 0.113. The van der Waals surface area contributed by atoms with E-state index in [2.05, 4.69) is 20.9 Å². The van der Waals surface area contributed by atoms with Crippen molar-refractivity contribution in [3.05, 3.63) is 56.9 Å². The molecule has 1 N–H and O–H groups in total. The van der Waals surface area contributed by atoms with Gasteiger partial charge in [0.25, 0.3) is 5.56 Å². The normalized spacial score (nSPS) is 10.3. The largest absolute Gasteiger partial charge is 0.478 e. The van der Waals surface area contributed by atoms with E-state index in [4.69, 9.17) is 5.11 Å². The van der Waals surface area contributed by atoms with Gasteiger partial charge in [-0.15, -0.1) is 0 Å². The number of carboxylic acid groups (broad SMARTS) is 1. The quantitative estimate of drug-likeness (QED) is 0.859. The van der Waals surface area contributed by atoms with Crippen molar-refractivity contribution in [2.24, 2.45) is 0 Å². The molecule has 0 fully saturated rings. The van der Waals surface area contributed by atoms with Gasteiger partial charge < -0.3 is 5.11 Å². The Balaban J connectivity index is 2.70. The van der Waals surface area contributed by atoms with Crippen LogP contribution in [0.5, 0.6) is 0 Å². The van der Waals surface area contributed by atoms with Gasteiger partial charge in [0.15, 0.2) is 0 Å². The van der Waals surface area contributed by atoms with E-state index in [1.165, 1.54) is 12.3 Å². The molecule has 0 radical (unpaired) electrons. The highest BCUT2D eigenvalue weighted by Gasteiger charge is 2.11. The topological polar surface area (TPSA) is 72.2 Å². The molecule has 0 aromatic carbocycles. The zero-order valence-corrected chi connectivity index (χ0v) is 10.4. The third kappa shape index (κ3) is 2.30. The fourth-order valence-corrected chi connectivity index (χ4v) is 1.70. The lowest BCUT2D eigenvalue weighted by atomic mass is 10.2. The van der Waals surface area contributed by atoms with Crippen molar-refractivity contribution in [3.8, 4) is 5.69 Å². The fourth-order valence-electron chi connectivity index (χ4n) is 1.38. The van der Waals surface area contributed by atoms with E-state index in [1.54, 1.807) is 0 Å². The molecular weight excluding hydrogens is 307 g/mol. The summed E-state index contributed by atoms with van der Waals surface area (Å²) in [6.45, 7) is 0. The molecule has 7 heteroatoms. The molecular formula is C11H6BrFN2O3. The first-order valence-electron chi connectivity index (χ1n) is 4.76. The highest BCUT2D eigenvalue weighted by molar-refractivity contribution is 9.10. The maximum Gasteiger partial charge on any atom is 0.337 e. The molecule has 0 bridgehead atoms. The van der Waals surface area contributed by atoms with Gasteiger partial charge in [-0.1, -0.05) is 0 Å². The third-order valence-electron chi connectivity index (χ3n) is 2.20. The number of hydrogen-bond acceptors (Lipinski definition) is 3. The Labute approximate surface area is 109 Å². The van der Waals surface area contributed by atoms with Gasteiger partial charge in [-0.3, -0.25) is 9.36 Å². The van der Waals surface area contributed by atoms with Crippen molar-refractivity contribution in [2.45, 2.75) is 0 Å². The second-order valence-electron chi connectivity index (χ2n) is 3.39.